The van der Waals surface area contributed by atoms with Gasteiger partial charge in [0.2, 0.25) is 15.9 Å². The van der Waals surface area contributed by atoms with Gasteiger partial charge in [0.05, 0.1) is 4.90 Å². The molecule has 2 heterocycles. The molecule has 0 spiro atoms. The Morgan fingerprint density at radius 2 is 1.59 bits per heavy atom. The molecule has 0 aliphatic carbocycles. The summed E-state index contributed by atoms with van der Waals surface area (Å²) in [5.41, 5.74) is -0.938. The van der Waals surface area contributed by atoms with E-state index in [0.29, 0.717) is 17.9 Å². The number of carbonyl (C=O) groups excluding carboxylic acids is 3. The molecule has 9 nitrogen and oxygen atoms in total. The monoisotopic (exact) mass is 484 g/mol. The molecule has 1 aromatic carbocycles. The third kappa shape index (κ3) is 4.77. The Hall–Kier alpha value is -2.17. The maximum atomic E-state index is 13.0. The van der Waals surface area contributed by atoms with Crippen LogP contribution in [0.25, 0.3) is 0 Å². The fourth-order valence-corrected chi connectivity index (χ4v) is 5.85. The van der Waals surface area contributed by atoms with Crippen LogP contribution < -0.4 is 5.32 Å². The molecular formula is C21H29ClN4O5S. The third-order valence-corrected chi connectivity index (χ3v) is 8.10. The summed E-state index contributed by atoms with van der Waals surface area (Å²) in [4.78, 5) is 40.9. The maximum absolute atomic E-state index is 13.0. The second-order valence-electron chi connectivity index (χ2n) is 8.14. The van der Waals surface area contributed by atoms with E-state index in [0.717, 1.165) is 17.7 Å². The number of urea groups is 1. The van der Waals surface area contributed by atoms with Gasteiger partial charge in [0.15, 0.2) is 0 Å². The molecule has 2 aliphatic heterocycles. The molecule has 0 bridgehead atoms. The highest BCUT2D eigenvalue weighted by Crippen LogP contribution is 2.28. The maximum Gasteiger partial charge on any atom is 0.325 e. The summed E-state index contributed by atoms with van der Waals surface area (Å²) in [5, 5.41) is 3.24. The number of amides is 4. The molecule has 0 aromatic heterocycles. The molecule has 0 atom stereocenters. The van der Waals surface area contributed by atoms with Gasteiger partial charge >= 0.3 is 6.03 Å². The van der Waals surface area contributed by atoms with E-state index in [9.17, 15) is 22.8 Å². The van der Waals surface area contributed by atoms with Gasteiger partial charge in [-0.1, -0.05) is 38.3 Å². The van der Waals surface area contributed by atoms with E-state index in [1.807, 2.05) is 13.8 Å². The number of halogens is 1. The molecule has 1 N–H and O–H groups in total. The Kier molecular flexibility index (Phi) is 7.46. The summed E-state index contributed by atoms with van der Waals surface area (Å²) in [7, 11) is -3.69. The summed E-state index contributed by atoms with van der Waals surface area (Å²) < 4.78 is 26.9. The Bertz CT molecular complexity index is 968. The van der Waals surface area contributed by atoms with Gasteiger partial charge in [0.25, 0.3) is 5.91 Å². The van der Waals surface area contributed by atoms with Gasteiger partial charge in [0.1, 0.15) is 12.1 Å². The first-order valence-corrected chi connectivity index (χ1v) is 12.6. The van der Waals surface area contributed by atoms with E-state index in [-0.39, 0.29) is 49.4 Å². The van der Waals surface area contributed by atoms with Gasteiger partial charge in [-0.05, 0) is 37.1 Å². The molecule has 32 heavy (non-hydrogen) atoms. The summed E-state index contributed by atoms with van der Waals surface area (Å²) in [5.74, 6) is -0.732. The Balaban J connectivity index is 1.62. The number of rotatable bonds is 8. The molecule has 176 valence electrons. The van der Waals surface area contributed by atoms with Crippen molar-refractivity contribution < 1.29 is 22.8 Å². The molecule has 0 unspecified atom stereocenters. The number of benzene rings is 1. The fraction of sp³-hybridized carbons (Fsp3) is 0.571. The van der Waals surface area contributed by atoms with Crippen molar-refractivity contribution in [2.45, 2.75) is 50.0 Å². The van der Waals surface area contributed by atoms with Crippen LogP contribution in [-0.2, 0) is 19.6 Å². The first kappa shape index (κ1) is 24.5. The second-order valence-corrected chi connectivity index (χ2v) is 10.5. The lowest BCUT2D eigenvalue weighted by Crippen LogP contribution is -2.53. The molecule has 0 saturated carbocycles. The lowest BCUT2D eigenvalue weighted by Gasteiger charge is -2.34. The van der Waals surface area contributed by atoms with E-state index in [1.54, 1.807) is 0 Å². The quantitative estimate of drug-likeness (QED) is 0.568. The van der Waals surface area contributed by atoms with Crippen LogP contribution in [0.3, 0.4) is 0 Å². The lowest BCUT2D eigenvalue weighted by atomic mass is 9.88. The van der Waals surface area contributed by atoms with Crippen LogP contribution >= 0.6 is 11.6 Å². The molecule has 1 aromatic rings. The Labute approximate surface area is 193 Å². The van der Waals surface area contributed by atoms with Crippen LogP contribution in [0.4, 0.5) is 4.79 Å². The zero-order valence-electron chi connectivity index (χ0n) is 18.3. The van der Waals surface area contributed by atoms with E-state index >= 15 is 0 Å². The first-order chi connectivity index (χ1) is 15.1. The van der Waals surface area contributed by atoms with E-state index < -0.39 is 21.6 Å². The standard InChI is InChI=1S/C21H29ClN4O5S/c1-3-9-21(10-4-2)19(28)26(20(29)23-21)15-18(27)24-11-13-25(14-12-24)32(30,31)17-7-5-16(22)6-8-17/h5-8H,3-4,9-15H2,1-2H3,(H,23,29). The van der Waals surface area contributed by atoms with Gasteiger partial charge < -0.3 is 10.2 Å². The lowest BCUT2D eigenvalue weighted by molar-refractivity contribution is -0.139. The largest absolute Gasteiger partial charge is 0.338 e. The number of sulfonamides is 1. The van der Waals surface area contributed by atoms with Crippen molar-refractivity contribution in [3.05, 3.63) is 29.3 Å². The molecule has 11 heteroatoms. The smallest absolute Gasteiger partial charge is 0.325 e. The Morgan fingerprint density at radius 1 is 1.03 bits per heavy atom. The average Bonchev–Trinajstić information content (AvgIpc) is 2.98. The summed E-state index contributed by atoms with van der Waals surface area (Å²) in [6.07, 6.45) is 2.52. The predicted molar refractivity (Wildman–Crippen MR) is 120 cm³/mol. The minimum Gasteiger partial charge on any atom is -0.338 e. The number of piperazine rings is 1. The van der Waals surface area contributed by atoms with Crippen molar-refractivity contribution in [1.82, 2.24) is 19.4 Å². The molecular weight excluding hydrogens is 456 g/mol. The van der Waals surface area contributed by atoms with Crippen LogP contribution in [0.15, 0.2) is 29.2 Å². The molecule has 2 fully saturated rings. The number of imide groups is 1. The number of hydrogen-bond donors (Lipinski definition) is 1. The average molecular weight is 485 g/mol. The number of carbonyl (C=O) groups is 3. The van der Waals surface area contributed by atoms with E-state index in [4.69, 9.17) is 11.6 Å². The highest BCUT2D eigenvalue weighted by Gasteiger charge is 2.50. The van der Waals surface area contributed by atoms with Gasteiger partial charge in [0, 0.05) is 31.2 Å². The van der Waals surface area contributed by atoms with Crippen molar-refractivity contribution in [3.8, 4) is 0 Å². The van der Waals surface area contributed by atoms with Crippen LogP contribution in [0.5, 0.6) is 0 Å². The molecule has 0 radical (unpaired) electrons. The van der Waals surface area contributed by atoms with E-state index in [2.05, 4.69) is 5.32 Å². The summed E-state index contributed by atoms with van der Waals surface area (Å²) in [6, 6.07) is 5.39. The van der Waals surface area contributed by atoms with Crippen molar-refractivity contribution in [2.75, 3.05) is 32.7 Å². The van der Waals surface area contributed by atoms with Crippen molar-refractivity contribution >= 4 is 39.5 Å². The summed E-state index contributed by atoms with van der Waals surface area (Å²) in [6.45, 7) is 4.18. The van der Waals surface area contributed by atoms with Crippen LogP contribution in [0.2, 0.25) is 5.02 Å². The number of nitrogens with one attached hydrogen (secondary N) is 1. The van der Waals surface area contributed by atoms with Crippen molar-refractivity contribution in [2.24, 2.45) is 0 Å². The van der Waals surface area contributed by atoms with Gasteiger partial charge in [-0.3, -0.25) is 14.5 Å². The second kappa shape index (κ2) is 9.76. The SMILES string of the molecule is CCCC1(CCC)NC(=O)N(CC(=O)N2CCN(S(=O)(=O)c3ccc(Cl)cc3)CC2)C1=O. The zero-order valence-corrected chi connectivity index (χ0v) is 19.9. The zero-order chi connectivity index (χ0) is 23.5. The number of hydrogen-bond acceptors (Lipinski definition) is 5. The van der Waals surface area contributed by atoms with E-state index in [1.165, 1.54) is 33.5 Å². The highest BCUT2D eigenvalue weighted by molar-refractivity contribution is 7.89. The summed E-state index contributed by atoms with van der Waals surface area (Å²) >= 11 is 5.84. The van der Waals surface area contributed by atoms with Gasteiger partial charge in [-0.15, -0.1) is 0 Å². The first-order valence-electron chi connectivity index (χ1n) is 10.8. The third-order valence-electron chi connectivity index (χ3n) is 5.94. The normalized spacial score (nSPS) is 19.3. The van der Waals surface area contributed by atoms with Crippen LogP contribution in [0, 0.1) is 0 Å². The molecule has 3 rings (SSSR count). The minimum atomic E-state index is -3.69. The van der Waals surface area contributed by atoms with Crippen molar-refractivity contribution in [1.29, 1.82) is 0 Å². The Morgan fingerprint density at radius 3 is 2.12 bits per heavy atom. The predicted octanol–water partition coefficient (Wildman–Crippen LogP) is 2.06. The molecule has 4 amide bonds. The van der Waals surface area contributed by atoms with Crippen molar-refractivity contribution in [3.63, 3.8) is 0 Å². The topological polar surface area (TPSA) is 107 Å². The number of nitrogens with zero attached hydrogens (tertiary/aromatic N) is 3. The molecule has 2 aliphatic rings. The molecule has 2 saturated heterocycles. The minimum absolute atomic E-state index is 0.131. The van der Waals surface area contributed by atoms with Crippen LogP contribution in [-0.4, -0.2) is 78.6 Å². The fourth-order valence-electron chi connectivity index (χ4n) is 4.31. The van der Waals surface area contributed by atoms with Gasteiger partial charge in [-0.2, -0.15) is 4.31 Å². The van der Waals surface area contributed by atoms with Crippen LogP contribution in [0.1, 0.15) is 39.5 Å². The van der Waals surface area contributed by atoms with Gasteiger partial charge in [-0.25, -0.2) is 13.2 Å². The highest BCUT2D eigenvalue weighted by atomic mass is 35.5.